The molecule has 0 aliphatic carbocycles. The highest BCUT2D eigenvalue weighted by Crippen LogP contribution is 2.38. The Morgan fingerprint density at radius 2 is 2.23 bits per heavy atom. The van der Waals surface area contributed by atoms with Gasteiger partial charge in [0, 0.05) is 5.92 Å². The Bertz CT molecular complexity index is 513. The van der Waals surface area contributed by atoms with E-state index in [1.807, 2.05) is 13.8 Å². The van der Waals surface area contributed by atoms with Gasteiger partial charge in [0.25, 0.3) is 0 Å². The molecule has 1 heterocycles. The predicted molar refractivity (Wildman–Crippen MR) is 87.3 cm³/mol. The molecule has 1 N–H and O–H groups in total. The van der Waals surface area contributed by atoms with Gasteiger partial charge in [-0.2, -0.15) is 0 Å². The van der Waals surface area contributed by atoms with Crippen LogP contribution in [0.5, 0.6) is 5.75 Å². The second-order valence-electron chi connectivity index (χ2n) is 6.51. The van der Waals surface area contributed by atoms with Crippen molar-refractivity contribution in [1.29, 1.82) is 0 Å². The number of rotatable bonds is 7. The summed E-state index contributed by atoms with van der Waals surface area (Å²) < 4.78 is 11.8. The lowest BCUT2D eigenvalue weighted by atomic mass is 9.85. The molecule has 0 saturated carbocycles. The zero-order valence-corrected chi connectivity index (χ0v) is 14.0. The molecule has 0 spiro atoms. The summed E-state index contributed by atoms with van der Waals surface area (Å²) in [6.07, 6.45) is 2.94. The lowest BCUT2D eigenvalue weighted by molar-refractivity contribution is -0.111. The van der Waals surface area contributed by atoms with Gasteiger partial charge in [0.2, 0.25) is 6.41 Å². The van der Waals surface area contributed by atoms with Gasteiger partial charge in [-0.05, 0) is 44.4 Å². The molecule has 4 nitrogen and oxygen atoms in total. The first kappa shape index (κ1) is 16.8. The zero-order valence-electron chi connectivity index (χ0n) is 14.0. The molecule has 1 fully saturated rings. The van der Waals surface area contributed by atoms with Crippen LogP contribution in [0.4, 0.5) is 0 Å². The minimum absolute atomic E-state index is 0.0313. The highest BCUT2D eigenvalue weighted by Gasteiger charge is 2.43. The number of aryl methyl sites for hydroxylation is 1. The van der Waals surface area contributed by atoms with Crippen molar-refractivity contribution in [3.8, 4) is 5.75 Å². The zero-order chi connectivity index (χ0) is 16.2. The van der Waals surface area contributed by atoms with Gasteiger partial charge < -0.3 is 14.8 Å². The normalized spacial score (nSPS) is 23.3. The van der Waals surface area contributed by atoms with E-state index >= 15 is 0 Å². The van der Waals surface area contributed by atoms with E-state index in [1.165, 1.54) is 0 Å². The number of hydrogen-bond acceptors (Lipinski definition) is 3. The van der Waals surface area contributed by atoms with Crippen LogP contribution in [0, 0.1) is 6.92 Å². The molecule has 4 heteroatoms. The summed E-state index contributed by atoms with van der Waals surface area (Å²) in [5.74, 6) is 1.08. The molecule has 1 aromatic carbocycles. The minimum atomic E-state index is -0.361. The van der Waals surface area contributed by atoms with Crippen LogP contribution in [0.3, 0.4) is 0 Å². The molecule has 122 valence electrons. The summed E-state index contributed by atoms with van der Waals surface area (Å²) in [5, 5.41) is 2.92. The van der Waals surface area contributed by atoms with E-state index in [9.17, 15) is 4.79 Å². The first-order valence-corrected chi connectivity index (χ1v) is 8.06. The van der Waals surface area contributed by atoms with E-state index in [1.54, 1.807) is 0 Å². The molecule has 1 aliphatic heterocycles. The van der Waals surface area contributed by atoms with Gasteiger partial charge in [-0.25, -0.2) is 0 Å². The standard InChI is InChI=1S/C18H27NO3/c1-5-6-9-21-16-10-14(8-7-13(16)2)15-11-22-18(3,4)17(15)19-12-20/h7-8,10,12,15,17H,5-6,9,11H2,1-4H3,(H,19,20). The Hall–Kier alpha value is -1.55. The lowest BCUT2D eigenvalue weighted by Crippen LogP contribution is -2.45. The SMILES string of the molecule is CCCCOc1cc(C2COC(C)(C)C2NC=O)ccc1C. The van der Waals surface area contributed by atoms with Crippen LogP contribution >= 0.6 is 0 Å². The summed E-state index contributed by atoms with van der Waals surface area (Å²) in [4.78, 5) is 10.9. The Balaban J connectivity index is 2.20. The van der Waals surface area contributed by atoms with Crippen LogP contribution in [-0.4, -0.2) is 31.3 Å². The topological polar surface area (TPSA) is 47.6 Å². The maximum atomic E-state index is 10.9. The molecule has 1 aromatic rings. The van der Waals surface area contributed by atoms with Gasteiger partial charge in [-0.3, -0.25) is 4.79 Å². The Labute approximate surface area is 133 Å². The second kappa shape index (κ2) is 7.14. The quantitative estimate of drug-likeness (QED) is 0.622. The van der Waals surface area contributed by atoms with E-state index < -0.39 is 0 Å². The molecule has 0 aromatic heterocycles. The maximum Gasteiger partial charge on any atom is 0.207 e. The lowest BCUT2D eigenvalue weighted by Gasteiger charge is -2.28. The first-order chi connectivity index (χ1) is 10.5. The van der Waals surface area contributed by atoms with Crippen molar-refractivity contribution in [2.45, 2.75) is 58.1 Å². The Morgan fingerprint density at radius 3 is 2.91 bits per heavy atom. The summed E-state index contributed by atoms with van der Waals surface area (Å²) in [6, 6.07) is 6.26. The number of nitrogens with one attached hydrogen (secondary N) is 1. The maximum absolute atomic E-state index is 10.9. The van der Waals surface area contributed by atoms with E-state index in [2.05, 4.69) is 37.4 Å². The summed E-state index contributed by atoms with van der Waals surface area (Å²) in [6.45, 7) is 9.59. The van der Waals surface area contributed by atoms with E-state index in [0.717, 1.165) is 42.7 Å². The third kappa shape index (κ3) is 3.61. The van der Waals surface area contributed by atoms with Crippen LogP contribution < -0.4 is 10.1 Å². The highest BCUT2D eigenvalue weighted by molar-refractivity contribution is 5.49. The fraction of sp³-hybridized carbons (Fsp3) is 0.611. The van der Waals surface area contributed by atoms with Crippen molar-refractivity contribution in [2.75, 3.05) is 13.2 Å². The molecule has 1 aliphatic rings. The number of carbonyl (C=O) groups excluding carboxylic acids is 1. The van der Waals surface area contributed by atoms with Gasteiger partial charge in [0.15, 0.2) is 0 Å². The van der Waals surface area contributed by atoms with Crippen LogP contribution in [0.2, 0.25) is 0 Å². The Kier molecular flexibility index (Phi) is 5.46. The summed E-state index contributed by atoms with van der Waals surface area (Å²) >= 11 is 0. The number of carbonyl (C=O) groups is 1. The molecule has 1 amide bonds. The molecule has 22 heavy (non-hydrogen) atoms. The molecular weight excluding hydrogens is 278 g/mol. The number of hydrogen-bond donors (Lipinski definition) is 1. The first-order valence-electron chi connectivity index (χ1n) is 8.06. The van der Waals surface area contributed by atoms with Gasteiger partial charge in [-0.1, -0.05) is 25.5 Å². The van der Waals surface area contributed by atoms with Gasteiger partial charge in [0.05, 0.1) is 24.9 Å². The van der Waals surface area contributed by atoms with Crippen molar-refractivity contribution >= 4 is 6.41 Å². The number of amides is 1. The monoisotopic (exact) mass is 305 g/mol. The average Bonchev–Trinajstić information content (AvgIpc) is 2.77. The molecule has 1 saturated heterocycles. The van der Waals surface area contributed by atoms with Gasteiger partial charge >= 0.3 is 0 Å². The van der Waals surface area contributed by atoms with Crippen molar-refractivity contribution in [2.24, 2.45) is 0 Å². The third-order valence-corrected chi connectivity index (χ3v) is 4.43. The average molecular weight is 305 g/mol. The molecule has 0 bridgehead atoms. The number of unbranched alkanes of at least 4 members (excludes halogenated alkanes) is 1. The van der Waals surface area contributed by atoms with Crippen molar-refractivity contribution < 1.29 is 14.3 Å². The minimum Gasteiger partial charge on any atom is -0.493 e. The second-order valence-corrected chi connectivity index (χ2v) is 6.51. The Morgan fingerprint density at radius 1 is 1.45 bits per heavy atom. The molecule has 2 unspecified atom stereocenters. The molecule has 2 atom stereocenters. The van der Waals surface area contributed by atoms with E-state index in [-0.39, 0.29) is 17.6 Å². The summed E-state index contributed by atoms with van der Waals surface area (Å²) in [5.41, 5.74) is 1.93. The fourth-order valence-corrected chi connectivity index (χ4v) is 2.98. The van der Waals surface area contributed by atoms with Crippen molar-refractivity contribution in [3.63, 3.8) is 0 Å². The highest BCUT2D eigenvalue weighted by atomic mass is 16.5. The molecule has 2 rings (SSSR count). The largest absolute Gasteiger partial charge is 0.493 e. The smallest absolute Gasteiger partial charge is 0.207 e. The number of ether oxygens (including phenoxy) is 2. The van der Waals surface area contributed by atoms with Crippen LogP contribution in [0.25, 0.3) is 0 Å². The predicted octanol–water partition coefficient (Wildman–Crippen LogP) is 3.18. The van der Waals surface area contributed by atoms with Gasteiger partial charge in [-0.15, -0.1) is 0 Å². The summed E-state index contributed by atoms with van der Waals surface area (Å²) in [7, 11) is 0. The van der Waals surface area contributed by atoms with Gasteiger partial charge in [0.1, 0.15) is 5.75 Å². The van der Waals surface area contributed by atoms with Crippen molar-refractivity contribution in [1.82, 2.24) is 5.32 Å². The fourth-order valence-electron chi connectivity index (χ4n) is 2.98. The van der Waals surface area contributed by atoms with Crippen LogP contribution in [0.15, 0.2) is 18.2 Å². The third-order valence-electron chi connectivity index (χ3n) is 4.43. The number of benzene rings is 1. The van der Waals surface area contributed by atoms with Crippen LogP contribution in [-0.2, 0) is 9.53 Å². The molecular formula is C18H27NO3. The van der Waals surface area contributed by atoms with Crippen LogP contribution in [0.1, 0.15) is 50.7 Å². The van der Waals surface area contributed by atoms with E-state index in [4.69, 9.17) is 9.47 Å². The molecule has 0 radical (unpaired) electrons. The van der Waals surface area contributed by atoms with Crippen molar-refractivity contribution in [3.05, 3.63) is 29.3 Å². The van der Waals surface area contributed by atoms with E-state index in [0.29, 0.717) is 6.61 Å².